The highest BCUT2D eigenvalue weighted by Crippen LogP contribution is 2.40. The summed E-state index contributed by atoms with van der Waals surface area (Å²) in [6, 6.07) is 5.86. The molecule has 0 saturated heterocycles. The van der Waals surface area contributed by atoms with Gasteiger partial charge in [-0.3, -0.25) is 4.79 Å². The molecule has 0 spiro atoms. The van der Waals surface area contributed by atoms with Crippen LogP contribution in [0.15, 0.2) is 23.8 Å². The van der Waals surface area contributed by atoms with E-state index >= 15 is 0 Å². The van der Waals surface area contributed by atoms with Gasteiger partial charge in [0.05, 0.1) is 18.3 Å². The van der Waals surface area contributed by atoms with Gasteiger partial charge < -0.3 is 9.84 Å². The molecule has 1 aliphatic heterocycles. The van der Waals surface area contributed by atoms with Crippen LogP contribution in [0.25, 0.3) is 5.57 Å². The van der Waals surface area contributed by atoms with Crippen molar-refractivity contribution < 1.29 is 14.6 Å². The molecule has 0 bridgehead atoms. The molecule has 0 saturated carbocycles. The van der Waals surface area contributed by atoms with Crippen molar-refractivity contribution in [1.82, 2.24) is 0 Å². The minimum Gasteiger partial charge on any atom is -0.388 e. The lowest BCUT2D eigenvalue weighted by atomic mass is 9.78. The highest BCUT2D eigenvalue weighted by Gasteiger charge is 2.36. The van der Waals surface area contributed by atoms with Crippen molar-refractivity contribution in [3.05, 3.63) is 40.5 Å². The number of Topliss-reactive ketones (excluding diaryl/α,β-unsaturated/α-hetero) is 1. The Morgan fingerprint density at radius 1 is 1.35 bits per heavy atom. The number of rotatable bonds is 1. The second kappa shape index (κ2) is 4.54. The lowest BCUT2D eigenvalue weighted by Crippen LogP contribution is -2.41. The minimum absolute atomic E-state index is 0.179. The molecule has 20 heavy (non-hydrogen) atoms. The molecule has 3 rings (SSSR count). The third-order valence-corrected chi connectivity index (χ3v) is 4.32. The van der Waals surface area contributed by atoms with Crippen LogP contribution in [-0.2, 0) is 4.74 Å². The average molecular weight is 272 g/mol. The number of hydrogen-bond acceptors (Lipinski definition) is 3. The fraction of sp³-hybridized carbons (Fsp3) is 0.471. The summed E-state index contributed by atoms with van der Waals surface area (Å²) in [5.74, 6) is 0.179. The fourth-order valence-electron chi connectivity index (χ4n) is 3.16. The maximum Gasteiger partial charge on any atom is 0.167 e. The highest BCUT2D eigenvalue weighted by atomic mass is 16.5. The van der Waals surface area contributed by atoms with E-state index in [1.807, 2.05) is 25.1 Å². The predicted molar refractivity (Wildman–Crippen MR) is 77.7 cm³/mol. The molecule has 1 aromatic rings. The van der Waals surface area contributed by atoms with Crippen molar-refractivity contribution in [2.24, 2.45) is 0 Å². The van der Waals surface area contributed by atoms with Crippen LogP contribution in [0.4, 0.5) is 0 Å². The first-order valence-electron chi connectivity index (χ1n) is 7.06. The lowest BCUT2D eigenvalue weighted by molar-refractivity contribution is -0.0826. The first kappa shape index (κ1) is 13.5. The van der Waals surface area contributed by atoms with Crippen molar-refractivity contribution in [3.63, 3.8) is 0 Å². The molecule has 0 radical (unpaired) electrons. The summed E-state index contributed by atoms with van der Waals surface area (Å²) in [5.41, 5.74) is 4.39. The van der Waals surface area contributed by atoms with E-state index in [-0.39, 0.29) is 11.9 Å². The van der Waals surface area contributed by atoms with E-state index in [2.05, 4.69) is 0 Å². The molecule has 0 fully saturated rings. The summed E-state index contributed by atoms with van der Waals surface area (Å²) < 4.78 is 5.84. The van der Waals surface area contributed by atoms with Gasteiger partial charge in [0.15, 0.2) is 5.78 Å². The van der Waals surface area contributed by atoms with Crippen LogP contribution < -0.4 is 0 Å². The van der Waals surface area contributed by atoms with Gasteiger partial charge in [-0.15, -0.1) is 0 Å². The topological polar surface area (TPSA) is 46.5 Å². The van der Waals surface area contributed by atoms with Gasteiger partial charge in [-0.1, -0.05) is 23.8 Å². The molecule has 1 N–H and O–H groups in total. The number of ketones is 1. The molecular formula is C17H20O3. The zero-order valence-corrected chi connectivity index (χ0v) is 12.2. The van der Waals surface area contributed by atoms with Gasteiger partial charge in [-0.25, -0.2) is 0 Å². The Bertz CT molecular complexity index is 605. The largest absolute Gasteiger partial charge is 0.388 e. The van der Waals surface area contributed by atoms with Crippen LogP contribution in [0.3, 0.4) is 0 Å². The van der Waals surface area contributed by atoms with Gasteiger partial charge in [0, 0.05) is 12.0 Å². The van der Waals surface area contributed by atoms with Gasteiger partial charge >= 0.3 is 0 Å². The Morgan fingerprint density at radius 3 is 2.80 bits per heavy atom. The molecule has 0 aromatic heterocycles. The minimum atomic E-state index is -0.881. The maximum absolute atomic E-state index is 12.3. The van der Waals surface area contributed by atoms with Crippen LogP contribution >= 0.6 is 0 Å². The number of carbonyl (C=O) groups is 1. The maximum atomic E-state index is 12.3. The number of carbonyl (C=O) groups excluding carboxylic acids is 1. The zero-order valence-electron chi connectivity index (χ0n) is 12.2. The molecule has 1 aliphatic carbocycles. The molecular weight excluding hydrogens is 252 g/mol. The summed E-state index contributed by atoms with van der Waals surface area (Å²) >= 11 is 0. The van der Waals surface area contributed by atoms with Crippen molar-refractivity contribution in [2.75, 3.05) is 6.61 Å². The Balaban J connectivity index is 2.06. The summed E-state index contributed by atoms with van der Waals surface area (Å²) in [6.07, 6.45) is 0.861. The molecule has 1 atom stereocenters. The second-order valence-electron chi connectivity index (χ2n) is 6.34. The van der Waals surface area contributed by atoms with E-state index in [0.717, 1.165) is 27.8 Å². The Hall–Kier alpha value is -1.45. The number of aliphatic hydroxyl groups is 1. The van der Waals surface area contributed by atoms with Gasteiger partial charge in [0.1, 0.15) is 0 Å². The summed E-state index contributed by atoms with van der Waals surface area (Å²) in [6.45, 7) is 6.03. The van der Waals surface area contributed by atoms with Crippen LogP contribution in [0.5, 0.6) is 0 Å². The normalized spacial score (nSPS) is 22.6. The standard InChI is InChI=1S/C17H20O3/c1-10-5-4-6-12-14(18)7-11-8-15(17(2,3)19)20-9-13(11)16(10)12/h4-6,15,19H,7-9H2,1-3H3. The van der Waals surface area contributed by atoms with Gasteiger partial charge in [0.25, 0.3) is 0 Å². The first-order chi connectivity index (χ1) is 9.38. The van der Waals surface area contributed by atoms with Crippen molar-refractivity contribution in [1.29, 1.82) is 0 Å². The number of fused-ring (bicyclic) bond motifs is 2. The average Bonchev–Trinajstić information content (AvgIpc) is 2.37. The first-order valence-corrected chi connectivity index (χ1v) is 7.06. The summed E-state index contributed by atoms with van der Waals surface area (Å²) in [7, 11) is 0. The Morgan fingerprint density at radius 2 is 2.10 bits per heavy atom. The van der Waals surface area contributed by atoms with E-state index in [0.29, 0.717) is 19.4 Å². The van der Waals surface area contributed by atoms with Crippen molar-refractivity contribution in [3.8, 4) is 0 Å². The van der Waals surface area contributed by atoms with E-state index in [1.165, 1.54) is 0 Å². The summed E-state index contributed by atoms with van der Waals surface area (Å²) in [5, 5.41) is 10.1. The monoisotopic (exact) mass is 272 g/mol. The fourth-order valence-corrected chi connectivity index (χ4v) is 3.16. The number of aryl methyl sites for hydroxylation is 1. The summed E-state index contributed by atoms with van der Waals surface area (Å²) in [4.78, 5) is 12.3. The molecule has 2 aliphatic rings. The van der Waals surface area contributed by atoms with Crippen LogP contribution in [-0.4, -0.2) is 29.2 Å². The Kier molecular flexibility index (Phi) is 3.07. The van der Waals surface area contributed by atoms with Crippen molar-refractivity contribution >= 4 is 11.4 Å². The lowest BCUT2D eigenvalue weighted by Gasteiger charge is -2.37. The Labute approximate surface area is 119 Å². The second-order valence-corrected chi connectivity index (χ2v) is 6.34. The van der Waals surface area contributed by atoms with Crippen LogP contribution in [0, 0.1) is 6.92 Å². The molecule has 106 valence electrons. The van der Waals surface area contributed by atoms with Crippen molar-refractivity contribution in [2.45, 2.75) is 45.3 Å². The predicted octanol–water partition coefficient (Wildman–Crippen LogP) is 2.89. The SMILES string of the molecule is Cc1cccc2c1C1=C(CC2=O)CC(C(C)(C)O)OC1. The van der Waals surface area contributed by atoms with Crippen LogP contribution in [0.1, 0.15) is 48.2 Å². The van der Waals surface area contributed by atoms with E-state index < -0.39 is 5.60 Å². The van der Waals surface area contributed by atoms with E-state index in [4.69, 9.17) is 4.74 Å². The smallest absolute Gasteiger partial charge is 0.167 e. The number of hydrogen-bond donors (Lipinski definition) is 1. The van der Waals surface area contributed by atoms with Gasteiger partial charge in [-0.2, -0.15) is 0 Å². The molecule has 1 heterocycles. The van der Waals surface area contributed by atoms with Gasteiger partial charge in [-0.05, 0) is 43.9 Å². The molecule has 1 aromatic carbocycles. The van der Waals surface area contributed by atoms with Crippen LogP contribution in [0.2, 0.25) is 0 Å². The third-order valence-electron chi connectivity index (χ3n) is 4.32. The quantitative estimate of drug-likeness (QED) is 0.855. The van der Waals surface area contributed by atoms with E-state index in [1.54, 1.807) is 13.8 Å². The zero-order chi connectivity index (χ0) is 14.5. The molecule has 0 amide bonds. The molecule has 1 unspecified atom stereocenters. The molecule has 3 nitrogen and oxygen atoms in total. The van der Waals surface area contributed by atoms with Gasteiger partial charge in [0.2, 0.25) is 0 Å². The number of benzene rings is 1. The highest BCUT2D eigenvalue weighted by molar-refractivity contribution is 6.06. The van der Waals surface area contributed by atoms with E-state index in [9.17, 15) is 9.90 Å². The molecule has 3 heteroatoms. The number of ether oxygens (including phenoxy) is 1. The third kappa shape index (κ3) is 2.11.